The van der Waals surface area contributed by atoms with Crippen molar-refractivity contribution in [2.24, 2.45) is 0 Å². The molecule has 2 N–H and O–H groups in total. The quantitative estimate of drug-likeness (QED) is 0.780. The van der Waals surface area contributed by atoms with E-state index >= 15 is 0 Å². The lowest BCUT2D eigenvalue weighted by molar-refractivity contribution is -0.115. The summed E-state index contributed by atoms with van der Waals surface area (Å²) in [7, 11) is -1.88. The molecule has 9 heteroatoms. The molecule has 0 bridgehead atoms. The fraction of sp³-hybridized carbons (Fsp3) is 0.200. The molecule has 0 spiro atoms. The highest BCUT2D eigenvalue weighted by atomic mass is 32.2. The van der Waals surface area contributed by atoms with Crippen LogP contribution in [0.25, 0.3) is 0 Å². The van der Waals surface area contributed by atoms with Crippen LogP contribution >= 0.6 is 0 Å². The van der Waals surface area contributed by atoms with Gasteiger partial charge < -0.3 is 14.8 Å². The minimum atomic E-state index is -3.42. The molecule has 0 unspecified atom stereocenters. The second-order valence-corrected chi connectivity index (χ2v) is 6.61. The Kier molecular flexibility index (Phi) is 5.72. The molecule has 24 heavy (non-hydrogen) atoms. The summed E-state index contributed by atoms with van der Waals surface area (Å²) in [5.41, 5.74) is 0.419. The SMILES string of the molecule is COc1ccccc1Oc1ccc(NC(=O)CNS(C)(=O)=O)cn1. The van der Waals surface area contributed by atoms with Gasteiger partial charge in [0.1, 0.15) is 0 Å². The highest BCUT2D eigenvalue weighted by Gasteiger charge is 2.08. The fourth-order valence-electron chi connectivity index (χ4n) is 1.73. The number of rotatable bonds is 7. The van der Waals surface area contributed by atoms with Crippen molar-refractivity contribution in [3.8, 4) is 17.4 Å². The van der Waals surface area contributed by atoms with Crippen LogP contribution in [0.15, 0.2) is 42.6 Å². The molecular weight excluding hydrogens is 334 g/mol. The summed E-state index contributed by atoms with van der Waals surface area (Å²) in [4.78, 5) is 15.7. The maximum atomic E-state index is 11.6. The van der Waals surface area contributed by atoms with E-state index in [9.17, 15) is 13.2 Å². The molecule has 1 aromatic carbocycles. The van der Waals surface area contributed by atoms with Gasteiger partial charge in [-0.2, -0.15) is 0 Å². The minimum absolute atomic E-state index is 0.326. The van der Waals surface area contributed by atoms with Gasteiger partial charge in [0, 0.05) is 6.07 Å². The molecule has 0 aliphatic carbocycles. The Morgan fingerprint density at radius 3 is 2.46 bits per heavy atom. The number of hydrogen-bond acceptors (Lipinski definition) is 6. The van der Waals surface area contributed by atoms with Crippen molar-refractivity contribution in [3.05, 3.63) is 42.6 Å². The second-order valence-electron chi connectivity index (χ2n) is 4.78. The van der Waals surface area contributed by atoms with Crippen LogP contribution in [0.1, 0.15) is 0 Å². The van der Waals surface area contributed by atoms with Crippen molar-refractivity contribution in [3.63, 3.8) is 0 Å². The topological polar surface area (TPSA) is 107 Å². The number of anilines is 1. The molecule has 128 valence electrons. The number of hydrogen-bond donors (Lipinski definition) is 2. The van der Waals surface area contributed by atoms with Gasteiger partial charge in [0.05, 0.1) is 31.8 Å². The predicted molar refractivity (Wildman–Crippen MR) is 88.8 cm³/mol. The number of para-hydroxylation sites is 2. The molecule has 0 aliphatic heterocycles. The largest absolute Gasteiger partial charge is 0.493 e. The van der Waals surface area contributed by atoms with Gasteiger partial charge in [-0.3, -0.25) is 4.79 Å². The number of nitrogens with zero attached hydrogens (tertiary/aromatic N) is 1. The van der Waals surface area contributed by atoms with E-state index in [0.717, 1.165) is 6.26 Å². The average Bonchev–Trinajstić information content (AvgIpc) is 2.55. The van der Waals surface area contributed by atoms with Gasteiger partial charge in [0.15, 0.2) is 11.5 Å². The molecule has 1 amide bonds. The molecule has 0 fully saturated rings. The van der Waals surface area contributed by atoms with Crippen LogP contribution < -0.4 is 19.5 Å². The third-order valence-electron chi connectivity index (χ3n) is 2.80. The first-order valence-electron chi connectivity index (χ1n) is 6.89. The van der Waals surface area contributed by atoms with E-state index < -0.39 is 15.9 Å². The molecule has 2 rings (SSSR count). The molecule has 0 aliphatic rings. The number of amides is 1. The van der Waals surface area contributed by atoms with Gasteiger partial charge in [-0.25, -0.2) is 18.1 Å². The van der Waals surface area contributed by atoms with E-state index in [1.807, 2.05) is 6.07 Å². The summed E-state index contributed by atoms with van der Waals surface area (Å²) in [5.74, 6) is 0.914. The predicted octanol–water partition coefficient (Wildman–Crippen LogP) is 1.37. The zero-order chi connectivity index (χ0) is 17.6. The first-order chi connectivity index (χ1) is 11.4. The summed E-state index contributed by atoms with van der Waals surface area (Å²) in [6.45, 7) is -0.349. The van der Waals surface area contributed by atoms with Gasteiger partial charge >= 0.3 is 0 Å². The maximum Gasteiger partial charge on any atom is 0.239 e. The van der Waals surface area contributed by atoms with Crippen molar-refractivity contribution < 1.29 is 22.7 Å². The number of nitrogens with one attached hydrogen (secondary N) is 2. The number of benzene rings is 1. The lowest BCUT2D eigenvalue weighted by atomic mass is 10.3. The third-order valence-corrected chi connectivity index (χ3v) is 3.47. The van der Waals surface area contributed by atoms with Crippen LogP contribution in [0.5, 0.6) is 17.4 Å². The van der Waals surface area contributed by atoms with E-state index in [2.05, 4.69) is 15.0 Å². The minimum Gasteiger partial charge on any atom is -0.493 e. The van der Waals surface area contributed by atoms with Crippen LogP contribution in [0.4, 0.5) is 5.69 Å². The van der Waals surface area contributed by atoms with Crippen LogP contribution in [0, 0.1) is 0 Å². The molecule has 0 atom stereocenters. The summed E-state index contributed by atoms with van der Waals surface area (Å²) in [6.07, 6.45) is 2.38. The number of pyridine rings is 1. The first kappa shape index (κ1) is 17.7. The normalized spacial score (nSPS) is 10.9. The van der Waals surface area contributed by atoms with Crippen LogP contribution in [-0.2, 0) is 14.8 Å². The smallest absolute Gasteiger partial charge is 0.239 e. The molecule has 0 radical (unpaired) electrons. The van der Waals surface area contributed by atoms with Gasteiger partial charge in [-0.1, -0.05) is 12.1 Å². The van der Waals surface area contributed by atoms with Gasteiger partial charge in [0.25, 0.3) is 0 Å². The first-order valence-corrected chi connectivity index (χ1v) is 8.78. The van der Waals surface area contributed by atoms with Crippen molar-refractivity contribution >= 4 is 21.6 Å². The summed E-state index contributed by atoms with van der Waals surface area (Å²) in [5, 5.41) is 2.52. The molecule has 1 aromatic heterocycles. The molecule has 1 heterocycles. The van der Waals surface area contributed by atoms with E-state index in [0.29, 0.717) is 23.1 Å². The Morgan fingerprint density at radius 2 is 1.88 bits per heavy atom. The van der Waals surface area contributed by atoms with Gasteiger partial charge in [0.2, 0.25) is 21.8 Å². The summed E-state index contributed by atoms with van der Waals surface area (Å²) in [6, 6.07) is 10.3. The fourth-order valence-corrected chi connectivity index (χ4v) is 2.13. The molecule has 8 nitrogen and oxygen atoms in total. The highest BCUT2D eigenvalue weighted by Crippen LogP contribution is 2.30. The van der Waals surface area contributed by atoms with Gasteiger partial charge in [-0.15, -0.1) is 0 Å². The van der Waals surface area contributed by atoms with Crippen molar-refractivity contribution in [1.82, 2.24) is 9.71 Å². The van der Waals surface area contributed by atoms with E-state index in [4.69, 9.17) is 9.47 Å². The lowest BCUT2D eigenvalue weighted by Crippen LogP contribution is -2.32. The molecule has 0 saturated carbocycles. The Hall–Kier alpha value is -2.65. The number of carbonyl (C=O) groups excluding carboxylic acids is 1. The second kappa shape index (κ2) is 7.75. The van der Waals surface area contributed by atoms with E-state index in [1.54, 1.807) is 37.4 Å². The summed E-state index contributed by atoms with van der Waals surface area (Å²) >= 11 is 0. The number of carbonyl (C=O) groups is 1. The Labute approximate surface area is 139 Å². The molecule has 2 aromatic rings. The van der Waals surface area contributed by atoms with Gasteiger partial charge in [-0.05, 0) is 18.2 Å². The molecular formula is C15H17N3O5S. The van der Waals surface area contributed by atoms with Crippen molar-refractivity contribution in [2.75, 3.05) is 25.2 Å². The zero-order valence-corrected chi connectivity index (χ0v) is 14.0. The van der Waals surface area contributed by atoms with Crippen LogP contribution in [0.2, 0.25) is 0 Å². The van der Waals surface area contributed by atoms with Crippen molar-refractivity contribution in [2.45, 2.75) is 0 Å². The highest BCUT2D eigenvalue weighted by molar-refractivity contribution is 7.88. The number of ether oxygens (including phenoxy) is 2. The van der Waals surface area contributed by atoms with E-state index in [-0.39, 0.29) is 6.54 Å². The van der Waals surface area contributed by atoms with E-state index in [1.165, 1.54) is 6.20 Å². The Bertz CT molecular complexity index is 806. The number of sulfonamides is 1. The maximum absolute atomic E-state index is 11.6. The lowest BCUT2D eigenvalue weighted by Gasteiger charge is -2.10. The summed E-state index contributed by atoms with van der Waals surface area (Å²) < 4.78 is 34.8. The molecule has 0 saturated heterocycles. The number of aromatic nitrogens is 1. The zero-order valence-electron chi connectivity index (χ0n) is 13.1. The Balaban J connectivity index is 1.97. The average molecular weight is 351 g/mol. The standard InChI is InChI=1S/C15H17N3O5S/c1-22-12-5-3-4-6-13(12)23-15-8-7-11(9-16-15)18-14(19)10-17-24(2,20)21/h3-9,17H,10H2,1-2H3,(H,18,19). The van der Waals surface area contributed by atoms with Crippen molar-refractivity contribution in [1.29, 1.82) is 0 Å². The Morgan fingerprint density at radius 1 is 1.17 bits per heavy atom. The number of methoxy groups -OCH3 is 1. The monoisotopic (exact) mass is 351 g/mol. The third kappa shape index (κ3) is 5.52. The van der Waals surface area contributed by atoms with Crippen LogP contribution in [0.3, 0.4) is 0 Å². The van der Waals surface area contributed by atoms with Crippen LogP contribution in [-0.4, -0.2) is 39.2 Å².